The van der Waals surface area contributed by atoms with Crippen molar-refractivity contribution >= 4 is 0 Å². The number of hydrogen-bond donors (Lipinski definition) is 1. The number of benzene rings is 1. The maximum absolute atomic E-state index is 5.95. The molecule has 0 saturated heterocycles. The molecule has 1 aromatic rings. The third-order valence-electron chi connectivity index (χ3n) is 4.17. The zero-order valence-corrected chi connectivity index (χ0v) is 11.2. The molecular formula is C15H22N2O. The van der Waals surface area contributed by atoms with Crippen molar-refractivity contribution in [2.45, 2.75) is 37.9 Å². The van der Waals surface area contributed by atoms with Crippen LogP contribution in [-0.4, -0.2) is 37.2 Å². The van der Waals surface area contributed by atoms with Crippen molar-refractivity contribution in [3.8, 4) is 5.75 Å². The van der Waals surface area contributed by atoms with Crippen LogP contribution in [0.3, 0.4) is 0 Å². The molecule has 0 spiro atoms. The van der Waals surface area contributed by atoms with Crippen LogP contribution in [0.25, 0.3) is 0 Å². The largest absolute Gasteiger partial charge is 0.492 e. The Hall–Kier alpha value is -1.06. The highest BCUT2D eigenvalue weighted by molar-refractivity contribution is 5.38. The smallest absolute Gasteiger partial charge is 0.124 e. The zero-order chi connectivity index (χ0) is 12.5. The van der Waals surface area contributed by atoms with Gasteiger partial charge in [0.15, 0.2) is 0 Å². The van der Waals surface area contributed by atoms with Gasteiger partial charge in [-0.2, -0.15) is 0 Å². The summed E-state index contributed by atoms with van der Waals surface area (Å²) in [5, 5.41) is 3.49. The molecule has 98 valence electrons. The molecule has 1 N–H and O–H groups in total. The van der Waals surface area contributed by atoms with Gasteiger partial charge >= 0.3 is 0 Å². The second kappa shape index (κ2) is 4.90. The van der Waals surface area contributed by atoms with E-state index in [0.717, 1.165) is 24.9 Å². The van der Waals surface area contributed by atoms with E-state index in [1.807, 2.05) is 6.07 Å². The molecule has 3 nitrogen and oxygen atoms in total. The van der Waals surface area contributed by atoms with Crippen molar-refractivity contribution in [3.63, 3.8) is 0 Å². The Morgan fingerprint density at radius 2 is 2.11 bits per heavy atom. The summed E-state index contributed by atoms with van der Waals surface area (Å²) in [6, 6.07) is 10.0. The standard InChI is InChI=1S/C15H22N2O/c1-3-17(11-8-9-11)13-10-18-14-7-5-4-6-12(14)15(13)16-2/h4-7,11,13,15-16H,3,8-10H2,1-2H3. The molecule has 0 aromatic heterocycles. The van der Waals surface area contributed by atoms with Crippen LogP contribution in [0.2, 0.25) is 0 Å². The van der Waals surface area contributed by atoms with E-state index in [1.165, 1.54) is 18.4 Å². The van der Waals surface area contributed by atoms with E-state index in [0.29, 0.717) is 12.1 Å². The average molecular weight is 246 g/mol. The number of para-hydroxylation sites is 1. The Morgan fingerprint density at radius 1 is 1.33 bits per heavy atom. The van der Waals surface area contributed by atoms with Gasteiger partial charge in [-0.3, -0.25) is 4.90 Å². The van der Waals surface area contributed by atoms with Crippen molar-refractivity contribution in [2.75, 3.05) is 20.2 Å². The number of likely N-dealkylation sites (N-methyl/N-ethyl adjacent to an activating group) is 2. The number of nitrogens with zero attached hydrogens (tertiary/aromatic N) is 1. The molecule has 0 radical (unpaired) electrons. The summed E-state index contributed by atoms with van der Waals surface area (Å²) in [4.78, 5) is 2.61. The van der Waals surface area contributed by atoms with Gasteiger partial charge < -0.3 is 10.1 Å². The normalized spacial score (nSPS) is 26.8. The minimum absolute atomic E-state index is 0.385. The van der Waals surface area contributed by atoms with Crippen LogP contribution in [0.15, 0.2) is 24.3 Å². The Labute approximate surface area is 109 Å². The summed E-state index contributed by atoms with van der Waals surface area (Å²) in [5.41, 5.74) is 1.30. The third kappa shape index (κ3) is 2.02. The van der Waals surface area contributed by atoms with Gasteiger partial charge in [-0.05, 0) is 32.5 Å². The summed E-state index contributed by atoms with van der Waals surface area (Å²) in [6.45, 7) is 4.16. The Balaban J connectivity index is 1.88. The fourth-order valence-corrected chi connectivity index (χ4v) is 3.15. The van der Waals surface area contributed by atoms with Gasteiger partial charge in [0.25, 0.3) is 0 Å². The average Bonchev–Trinajstić information content (AvgIpc) is 3.24. The third-order valence-corrected chi connectivity index (χ3v) is 4.17. The van der Waals surface area contributed by atoms with Gasteiger partial charge in [-0.15, -0.1) is 0 Å². The molecule has 1 aliphatic carbocycles. The van der Waals surface area contributed by atoms with Crippen LogP contribution in [-0.2, 0) is 0 Å². The SMILES string of the molecule is CCN(C1CC1)C1COc2ccccc2C1NC. The van der Waals surface area contributed by atoms with E-state index < -0.39 is 0 Å². The summed E-state index contributed by atoms with van der Waals surface area (Å²) >= 11 is 0. The van der Waals surface area contributed by atoms with Crippen LogP contribution in [0.4, 0.5) is 0 Å². The Morgan fingerprint density at radius 3 is 2.78 bits per heavy atom. The fourth-order valence-electron chi connectivity index (χ4n) is 3.15. The second-order valence-electron chi connectivity index (χ2n) is 5.24. The van der Waals surface area contributed by atoms with Crippen LogP contribution in [0.1, 0.15) is 31.4 Å². The molecule has 18 heavy (non-hydrogen) atoms. The molecule has 2 aliphatic rings. The molecule has 1 aliphatic heterocycles. The van der Waals surface area contributed by atoms with E-state index in [-0.39, 0.29) is 0 Å². The fraction of sp³-hybridized carbons (Fsp3) is 0.600. The molecule has 0 bridgehead atoms. The van der Waals surface area contributed by atoms with E-state index in [4.69, 9.17) is 4.74 Å². The lowest BCUT2D eigenvalue weighted by Gasteiger charge is -2.40. The predicted molar refractivity (Wildman–Crippen MR) is 72.9 cm³/mol. The molecule has 2 unspecified atom stereocenters. The molecule has 3 heteroatoms. The minimum Gasteiger partial charge on any atom is -0.492 e. The highest BCUT2D eigenvalue weighted by Gasteiger charge is 2.39. The highest BCUT2D eigenvalue weighted by atomic mass is 16.5. The van der Waals surface area contributed by atoms with Gasteiger partial charge in [-0.25, -0.2) is 0 Å². The molecule has 2 atom stereocenters. The van der Waals surface area contributed by atoms with E-state index in [1.54, 1.807) is 0 Å². The van der Waals surface area contributed by atoms with Crippen LogP contribution in [0, 0.1) is 0 Å². The lowest BCUT2D eigenvalue weighted by molar-refractivity contribution is 0.0861. The highest BCUT2D eigenvalue weighted by Crippen LogP contribution is 2.38. The van der Waals surface area contributed by atoms with Crippen LogP contribution < -0.4 is 10.1 Å². The lowest BCUT2D eigenvalue weighted by atomic mass is 9.95. The maximum atomic E-state index is 5.95. The summed E-state index contributed by atoms with van der Waals surface area (Å²) in [7, 11) is 2.06. The van der Waals surface area contributed by atoms with Gasteiger partial charge in [0.2, 0.25) is 0 Å². The molecular weight excluding hydrogens is 224 g/mol. The molecule has 1 aromatic carbocycles. The first kappa shape index (κ1) is 12.0. The first-order valence-corrected chi connectivity index (χ1v) is 7.00. The van der Waals surface area contributed by atoms with Gasteiger partial charge in [0.1, 0.15) is 12.4 Å². The van der Waals surface area contributed by atoms with Crippen LogP contribution in [0.5, 0.6) is 5.75 Å². The van der Waals surface area contributed by atoms with Gasteiger partial charge in [-0.1, -0.05) is 25.1 Å². The summed E-state index contributed by atoms with van der Waals surface area (Å²) in [6.07, 6.45) is 2.70. The molecule has 1 saturated carbocycles. The van der Waals surface area contributed by atoms with E-state index in [9.17, 15) is 0 Å². The summed E-state index contributed by atoms with van der Waals surface area (Å²) in [5.74, 6) is 1.04. The quantitative estimate of drug-likeness (QED) is 0.881. The van der Waals surface area contributed by atoms with Crippen molar-refractivity contribution in [2.24, 2.45) is 0 Å². The second-order valence-corrected chi connectivity index (χ2v) is 5.24. The minimum atomic E-state index is 0.385. The molecule has 3 rings (SSSR count). The first-order valence-electron chi connectivity index (χ1n) is 7.00. The lowest BCUT2D eigenvalue weighted by Crippen LogP contribution is -2.50. The number of nitrogens with one attached hydrogen (secondary N) is 1. The van der Waals surface area contributed by atoms with Crippen molar-refractivity contribution in [1.29, 1.82) is 0 Å². The van der Waals surface area contributed by atoms with E-state index in [2.05, 4.69) is 42.4 Å². The zero-order valence-electron chi connectivity index (χ0n) is 11.2. The predicted octanol–water partition coefficient (Wildman–Crippen LogP) is 2.19. The Bertz CT molecular complexity index is 417. The molecule has 0 amide bonds. The van der Waals surface area contributed by atoms with Crippen LogP contribution >= 0.6 is 0 Å². The number of hydrogen-bond acceptors (Lipinski definition) is 3. The summed E-state index contributed by atoms with van der Waals surface area (Å²) < 4.78 is 5.95. The number of rotatable bonds is 4. The van der Waals surface area contributed by atoms with E-state index >= 15 is 0 Å². The van der Waals surface area contributed by atoms with Crippen molar-refractivity contribution in [1.82, 2.24) is 10.2 Å². The topological polar surface area (TPSA) is 24.5 Å². The van der Waals surface area contributed by atoms with Crippen molar-refractivity contribution < 1.29 is 4.74 Å². The first-order chi connectivity index (χ1) is 8.85. The maximum Gasteiger partial charge on any atom is 0.124 e. The number of fused-ring (bicyclic) bond motifs is 1. The monoisotopic (exact) mass is 246 g/mol. The Kier molecular flexibility index (Phi) is 3.27. The molecule has 1 heterocycles. The van der Waals surface area contributed by atoms with Gasteiger partial charge in [0, 0.05) is 11.6 Å². The van der Waals surface area contributed by atoms with Crippen molar-refractivity contribution in [3.05, 3.63) is 29.8 Å². The molecule has 1 fully saturated rings. The van der Waals surface area contributed by atoms with Gasteiger partial charge in [0.05, 0.1) is 12.1 Å². The number of ether oxygens (including phenoxy) is 1.